The highest BCUT2D eigenvalue weighted by Crippen LogP contribution is 2.41. The number of β-lactam (4-membered cyclic amide) rings is 1. The molecule has 0 aliphatic carbocycles. The van der Waals surface area contributed by atoms with Crippen LogP contribution >= 0.6 is 23.5 Å². The van der Waals surface area contributed by atoms with Crippen LogP contribution in [-0.4, -0.2) is 106 Å². The molecule has 194 valence electrons. The van der Waals surface area contributed by atoms with E-state index in [2.05, 4.69) is 20.8 Å². The van der Waals surface area contributed by atoms with Crippen LogP contribution in [0.25, 0.3) is 0 Å². The molecule has 3 N–H and O–H groups in total. The van der Waals surface area contributed by atoms with Gasteiger partial charge in [-0.15, -0.1) is 16.9 Å². The normalized spacial score (nSPS) is 21.4. The minimum Gasteiger partial charge on any atom is -0.477 e. The summed E-state index contributed by atoms with van der Waals surface area (Å²) in [5.74, 6) is -6.87. The molecular formula is C14H15F3N6O8S4. The van der Waals surface area contributed by atoms with Crippen LogP contribution in [0.5, 0.6) is 0 Å². The molecule has 1 fully saturated rings. The molecule has 14 nitrogen and oxygen atoms in total. The van der Waals surface area contributed by atoms with E-state index in [-0.39, 0.29) is 27.9 Å². The Balaban J connectivity index is 1.67. The maximum atomic E-state index is 12.6. The molecule has 2 amide bonds. The van der Waals surface area contributed by atoms with Crippen LogP contribution in [0.1, 0.15) is 0 Å². The Morgan fingerprint density at radius 3 is 2.63 bits per heavy atom. The molecule has 1 saturated heterocycles. The third kappa shape index (κ3) is 6.92. The number of carbonyl (C=O) groups is 3. The zero-order valence-corrected chi connectivity index (χ0v) is 20.3. The summed E-state index contributed by atoms with van der Waals surface area (Å²) in [6.07, 6.45) is -4.72. The maximum Gasteiger partial charge on any atom is 0.400 e. The smallest absolute Gasteiger partial charge is 0.400 e. The first-order chi connectivity index (χ1) is 16.2. The highest BCUT2D eigenvalue weighted by molar-refractivity contribution is 8.01. The Morgan fingerprint density at radius 1 is 1.34 bits per heavy atom. The maximum absolute atomic E-state index is 12.6. The second-order valence-corrected chi connectivity index (χ2v) is 11.9. The number of amides is 2. The lowest BCUT2D eigenvalue weighted by Gasteiger charge is -2.49. The summed E-state index contributed by atoms with van der Waals surface area (Å²) in [6, 6.07) is -1.21. The van der Waals surface area contributed by atoms with Crippen molar-refractivity contribution < 1.29 is 49.8 Å². The molecule has 21 heteroatoms. The van der Waals surface area contributed by atoms with Crippen LogP contribution < -0.4 is 5.32 Å². The van der Waals surface area contributed by atoms with E-state index in [0.717, 1.165) is 33.1 Å². The number of fused-ring (bicyclic) bond motifs is 1. The number of carboxylic acids is 1. The zero-order valence-electron chi connectivity index (χ0n) is 17.0. The fourth-order valence-corrected chi connectivity index (χ4v) is 6.85. The van der Waals surface area contributed by atoms with Gasteiger partial charge in [-0.1, -0.05) is 11.8 Å². The highest BCUT2D eigenvalue weighted by Gasteiger charge is 2.54. The molecule has 0 bridgehead atoms. The Labute approximate surface area is 205 Å². The largest absolute Gasteiger partial charge is 0.477 e. The minimum atomic E-state index is -4.72. The van der Waals surface area contributed by atoms with E-state index in [4.69, 9.17) is 4.55 Å². The molecule has 0 saturated carbocycles. The summed E-state index contributed by atoms with van der Waals surface area (Å²) in [5.41, 5.74) is -0.110. The average molecular weight is 581 g/mol. The molecule has 0 spiro atoms. The number of thioether (sulfide) groups is 2. The molecule has 2 aliphatic heterocycles. The Hall–Kier alpha value is -2.23. The van der Waals surface area contributed by atoms with Crippen molar-refractivity contribution in [2.45, 2.75) is 28.6 Å². The molecule has 2 aliphatic rings. The molecule has 0 radical (unpaired) electrons. The Bertz CT molecular complexity index is 1200. The molecule has 3 atom stereocenters. The first kappa shape index (κ1) is 27.4. The van der Waals surface area contributed by atoms with E-state index in [9.17, 15) is 45.3 Å². The number of halogens is 3. The number of hydrogen-bond acceptors (Lipinski definition) is 11. The third-order valence-electron chi connectivity index (χ3n) is 4.34. The molecule has 1 aromatic rings. The predicted octanol–water partition coefficient (Wildman–Crippen LogP) is -1.34. The third-order valence-corrected chi connectivity index (χ3v) is 8.53. The number of hydrogen-bond donors (Lipinski definition) is 3. The summed E-state index contributed by atoms with van der Waals surface area (Å²) in [5, 5.41) is 21.3. The lowest BCUT2D eigenvalue weighted by atomic mass is 10.0. The number of carbonyl (C=O) groups excluding carboxylic acids is 2. The monoisotopic (exact) mass is 580 g/mol. The van der Waals surface area contributed by atoms with Crippen LogP contribution in [0.2, 0.25) is 0 Å². The van der Waals surface area contributed by atoms with Gasteiger partial charge in [-0.3, -0.25) is 23.3 Å². The van der Waals surface area contributed by atoms with Gasteiger partial charge >= 0.3 is 12.1 Å². The van der Waals surface area contributed by atoms with Gasteiger partial charge in [-0.25, -0.2) is 9.48 Å². The number of alkyl halides is 3. The van der Waals surface area contributed by atoms with Crippen molar-refractivity contribution in [3.63, 3.8) is 0 Å². The van der Waals surface area contributed by atoms with Crippen LogP contribution in [0, 0.1) is 0 Å². The first-order valence-electron chi connectivity index (χ1n) is 9.11. The number of aliphatic carboxylic acids is 1. The fourth-order valence-electron chi connectivity index (χ4n) is 3.08. The summed E-state index contributed by atoms with van der Waals surface area (Å²) in [6.45, 7) is 0. The Kier molecular flexibility index (Phi) is 8.13. The van der Waals surface area contributed by atoms with Gasteiger partial charge in [0.15, 0.2) is 5.88 Å². The van der Waals surface area contributed by atoms with Gasteiger partial charge < -0.3 is 10.4 Å². The molecule has 3 rings (SSSR count). The Morgan fingerprint density at radius 2 is 2.03 bits per heavy atom. The molecule has 0 aromatic carbocycles. The highest BCUT2D eigenvalue weighted by atomic mass is 32.2. The molecule has 3 heterocycles. The van der Waals surface area contributed by atoms with E-state index in [0.29, 0.717) is 0 Å². The van der Waals surface area contributed by atoms with E-state index >= 15 is 0 Å². The summed E-state index contributed by atoms with van der Waals surface area (Å²) in [7, 11) is -6.98. The van der Waals surface area contributed by atoms with Crippen molar-refractivity contribution in [3.05, 3.63) is 11.3 Å². The zero-order chi connectivity index (χ0) is 26.1. The van der Waals surface area contributed by atoms with E-state index in [1.165, 1.54) is 0 Å². The lowest BCUT2D eigenvalue weighted by molar-refractivity contribution is -0.150. The van der Waals surface area contributed by atoms with Crippen LogP contribution in [0.3, 0.4) is 0 Å². The van der Waals surface area contributed by atoms with E-state index in [1.54, 1.807) is 0 Å². The average Bonchev–Trinajstić information content (AvgIpc) is 3.13. The van der Waals surface area contributed by atoms with Crippen molar-refractivity contribution in [3.8, 4) is 0 Å². The molecule has 3 unspecified atom stereocenters. The number of nitrogens with one attached hydrogen (secondary N) is 1. The van der Waals surface area contributed by atoms with Crippen molar-refractivity contribution in [1.29, 1.82) is 0 Å². The topological polar surface area (TPSA) is 202 Å². The van der Waals surface area contributed by atoms with Crippen molar-refractivity contribution >= 4 is 62.2 Å². The second-order valence-electron chi connectivity index (χ2n) is 7.02. The van der Waals surface area contributed by atoms with Gasteiger partial charge in [0.25, 0.3) is 16.0 Å². The van der Waals surface area contributed by atoms with E-state index < -0.39 is 73.7 Å². The van der Waals surface area contributed by atoms with Crippen molar-refractivity contribution in [1.82, 2.24) is 30.4 Å². The van der Waals surface area contributed by atoms with E-state index in [1.807, 2.05) is 0 Å². The summed E-state index contributed by atoms with van der Waals surface area (Å²) in [4.78, 5) is 37.3. The van der Waals surface area contributed by atoms with Gasteiger partial charge in [0, 0.05) is 22.3 Å². The quantitative estimate of drug-likeness (QED) is 0.167. The van der Waals surface area contributed by atoms with Gasteiger partial charge in [0.1, 0.15) is 28.6 Å². The van der Waals surface area contributed by atoms with Gasteiger partial charge in [0.05, 0.1) is 0 Å². The lowest BCUT2D eigenvalue weighted by Crippen LogP contribution is -2.70. The van der Waals surface area contributed by atoms with Gasteiger partial charge in [-0.2, -0.15) is 21.6 Å². The number of rotatable bonds is 10. The number of aromatic nitrogens is 4. The SMILES string of the molecule is O=C(CS(=O)CC(F)(F)F)NC1C(=O)N2C(C(=O)O)=C(CSc3nnnn3CS(=O)(=O)O)CSC12. The van der Waals surface area contributed by atoms with Crippen LogP contribution in [-0.2, 0) is 41.2 Å². The standard InChI is InChI=1S/C14H15F3N6O8S4/c15-14(16,17)4-34(28)3-7(24)18-8-10(25)23-9(12(26)27)6(1-32-11(8)23)2-33-13-19-20-21-22(13)5-35(29,30)31/h8,11H,1-5H2,(H,18,24)(H,26,27)(H,29,30,31). The predicted molar refractivity (Wildman–Crippen MR) is 114 cm³/mol. The van der Waals surface area contributed by atoms with Crippen molar-refractivity contribution in [2.75, 3.05) is 23.0 Å². The number of carboxylic acid groups (broad SMARTS) is 1. The molecular weight excluding hydrogens is 565 g/mol. The first-order valence-corrected chi connectivity index (χ1v) is 14.2. The van der Waals surface area contributed by atoms with Crippen LogP contribution in [0.4, 0.5) is 13.2 Å². The second kappa shape index (κ2) is 10.4. The summed E-state index contributed by atoms with van der Waals surface area (Å²) < 4.78 is 80.1. The van der Waals surface area contributed by atoms with Crippen LogP contribution in [0.15, 0.2) is 16.4 Å². The molecule has 35 heavy (non-hydrogen) atoms. The number of tetrazole rings is 1. The fraction of sp³-hybridized carbons (Fsp3) is 0.571. The van der Waals surface area contributed by atoms with Gasteiger partial charge in [0.2, 0.25) is 11.1 Å². The number of nitrogens with zero attached hydrogens (tertiary/aromatic N) is 5. The molecule has 1 aromatic heterocycles. The van der Waals surface area contributed by atoms with Crippen molar-refractivity contribution in [2.24, 2.45) is 0 Å². The summed E-state index contributed by atoms with van der Waals surface area (Å²) >= 11 is 1.94. The van der Waals surface area contributed by atoms with Gasteiger partial charge in [-0.05, 0) is 16.0 Å². The minimum absolute atomic E-state index is 0.0427.